The molecule has 1 saturated heterocycles. The summed E-state index contributed by atoms with van der Waals surface area (Å²) >= 11 is 0. The van der Waals surface area contributed by atoms with Gasteiger partial charge in [0.25, 0.3) is 0 Å². The molecule has 2 aromatic rings. The number of nitrogens with one attached hydrogen (secondary N) is 1. The van der Waals surface area contributed by atoms with E-state index >= 15 is 0 Å². The van der Waals surface area contributed by atoms with Crippen molar-refractivity contribution in [3.05, 3.63) is 59.8 Å². The second kappa shape index (κ2) is 8.27. The van der Waals surface area contributed by atoms with Gasteiger partial charge in [0.1, 0.15) is 5.82 Å². The van der Waals surface area contributed by atoms with Gasteiger partial charge in [-0.3, -0.25) is 0 Å². The summed E-state index contributed by atoms with van der Waals surface area (Å²) in [6, 6.07) is 15.0. The van der Waals surface area contributed by atoms with E-state index in [4.69, 9.17) is 0 Å². The van der Waals surface area contributed by atoms with Crippen LogP contribution in [0.3, 0.4) is 0 Å². The average molecular weight is 324 g/mol. The SMILES string of the molecule is CC(CNCc1ccnc(N2CCN(C)CC2)c1)c1ccccc1. The second-order valence-electron chi connectivity index (χ2n) is 6.76. The van der Waals surface area contributed by atoms with Crippen molar-refractivity contribution in [1.82, 2.24) is 15.2 Å². The number of aromatic nitrogens is 1. The molecule has 1 unspecified atom stereocenters. The summed E-state index contributed by atoms with van der Waals surface area (Å²) in [6.45, 7) is 8.48. The Morgan fingerprint density at radius 1 is 1.08 bits per heavy atom. The van der Waals surface area contributed by atoms with Crippen LogP contribution in [0.4, 0.5) is 5.82 Å². The molecule has 1 N–H and O–H groups in total. The number of hydrogen-bond donors (Lipinski definition) is 1. The van der Waals surface area contributed by atoms with E-state index in [1.807, 2.05) is 6.20 Å². The molecule has 0 bridgehead atoms. The lowest BCUT2D eigenvalue weighted by atomic mass is 10.0. The molecule has 3 rings (SSSR count). The largest absolute Gasteiger partial charge is 0.354 e. The van der Waals surface area contributed by atoms with E-state index in [1.165, 1.54) is 11.1 Å². The maximum Gasteiger partial charge on any atom is 0.128 e. The molecule has 1 aromatic heterocycles. The van der Waals surface area contributed by atoms with Crippen LogP contribution in [0.25, 0.3) is 0 Å². The first-order valence-corrected chi connectivity index (χ1v) is 8.86. The minimum Gasteiger partial charge on any atom is -0.354 e. The first-order valence-electron chi connectivity index (χ1n) is 8.86. The zero-order valence-electron chi connectivity index (χ0n) is 14.8. The normalized spacial score (nSPS) is 17.0. The molecule has 2 heterocycles. The quantitative estimate of drug-likeness (QED) is 0.885. The molecule has 4 heteroatoms. The molecule has 1 aliphatic heterocycles. The van der Waals surface area contributed by atoms with Crippen LogP contribution in [0.15, 0.2) is 48.7 Å². The van der Waals surface area contributed by atoms with Crippen molar-refractivity contribution in [2.75, 3.05) is 44.7 Å². The third kappa shape index (κ3) is 4.56. The number of likely N-dealkylation sites (N-methyl/N-ethyl adjacent to an activating group) is 1. The van der Waals surface area contributed by atoms with Gasteiger partial charge in [-0.1, -0.05) is 37.3 Å². The van der Waals surface area contributed by atoms with Crippen LogP contribution in [-0.2, 0) is 6.54 Å². The minimum atomic E-state index is 0.519. The topological polar surface area (TPSA) is 31.4 Å². The van der Waals surface area contributed by atoms with E-state index in [1.54, 1.807) is 0 Å². The Hall–Kier alpha value is -1.91. The lowest BCUT2D eigenvalue weighted by molar-refractivity contribution is 0.312. The van der Waals surface area contributed by atoms with Crippen molar-refractivity contribution in [3.63, 3.8) is 0 Å². The Balaban J connectivity index is 1.51. The highest BCUT2D eigenvalue weighted by Crippen LogP contribution is 2.16. The van der Waals surface area contributed by atoms with Crippen molar-refractivity contribution in [3.8, 4) is 0 Å². The van der Waals surface area contributed by atoms with Gasteiger partial charge >= 0.3 is 0 Å². The highest BCUT2D eigenvalue weighted by Gasteiger charge is 2.15. The zero-order valence-corrected chi connectivity index (χ0v) is 14.8. The highest BCUT2D eigenvalue weighted by molar-refractivity contribution is 5.41. The molecule has 0 spiro atoms. The monoisotopic (exact) mass is 324 g/mol. The lowest BCUT2D eigenvalue weighted by Gasteiger charge is -2.33. The van der Waals surface area contributed by atoms with Gasteiger partial charge in [-0.2, -0.15) is 0 Å². The van der Waals surface area contributed by atoms with E-state index in [-0.39, 0.29) is 0 Å². The van der Waals surface area contributed by atoms with E-state index in [0.29, 0.717) is 5.92 Å². The number of hydrogen-bond acceptors (Lipinski definition) is 4. The molecule has 1 aromatic carbocycles. The maximum absolute atomic E-state index is 4.56. The predicted molar refractivity (Wildman–Crippen MR) is 101 cm³/mol. The van der Waals surface area contributed by atoms with Crippen LogP contribution in [0.2, 0.25) is 0 Å². The Bertz CT molecular complexity index is 621. The number of pyridine rings is 1. The number of rotatable bonds is 6. The van der Waals surface area contributed by atoms with Crippen LogP contribution >= 0.6 is 0 Å². The molecule has 0 saturated carbocycles. The van der Waals surface area contributed by atoms with E-state index < -0.39 is 0 Å². The number of piperazine rings is 1. The molecular formula is C20H28N4. The van der Waals surface area contributed by atoms with Gasteiger partial charge in [-0.25, -0.2) is 4.98 Å². The Labute approximate surface area is 145 Å². The third-order valence-corrected chi connectivity index (χ3v) is 4.79. The van der Waals surface area contributed by atoms with Gasteiger partial charge in [0.05, 0.1) is 0 Å². The van der Waals surface area contributed by atoms with Gasteiger partial charge in [0, 0.05) is 45.5 Å². The minimum absolute atomic E-state index is 0.519. The summed E-state index contributed by atoms with van der Waals surface area (Å²) < 4.78 is 0. The zero-order chi connectivity index (χ0) is 16.8. The van der Waals surface area contributed by atoms with Crippen LogP contribution in [0.1, 0.15) is 24.0 Å². The molecule has 1 fully saturated rings. The molecule has 24 heavy (non-hydrogen) atoms. The van der Waals surface area contributed by atoms with Gasteiger partial charge in [-0.15, -0.1) is 0 Å². The summed E-state index contributed by atoms with van der Waals surface area (Å²) in [5.41, 5.74) is 2.69. The molecule has 4 nitrogen and oxygen atoms in total. The maximum atomic E-state index is 4.56. The highest BCUT2D eigenvalue weighted by atomic mass is 15.3. The van der Waals surface area contributed by atoms with Gasteiger partial charge in [0.2, 0.25) is 0 Å². The number of benzene rings is 1. The van der Waals surface area contributed by atoms with Crippen molar-refractivity contribution >= 4 is 5.82 Å². The smallest absolute Gasteiger partial charge is 0.128 e. The first-order chi connectivity index (χ1) is 11.7. The standard InChI is InChI=1S/C20H28N4/c1-17(19-6-4-3-5-7-19)15-21-16-18-8-9-22-20(14-18)24-12-10-23(2)11-13-24/h3-9,14,17,21H,10-13,15-16H2,1-2H3. The fraction of sp³-hybridized carbons (Fsp3) is 0.450. The Morgan fingerprint density at radius 3 is 2.58 bits per heavy atom. The summed E-state index contributed by atoms with van der Waals surface area (Å²) in [5, 5.41) is 3.58. The van der Waals surface area contributed by atoms with Crippen LogP contribution in [0.5, 0.6) is 0 Å². The van der Waals surface area contributed by atoms with Crippen LogP contribution in [0, 0.1) is 0 Å². The fourth-order valence-electron chi connectivity index (χ4n) is 3.11. The van der Waals surface area contributed by atoms with E-state index in [0.717, 1.165) is 45.1 Å². The fourth-order valence-corrected chi connectivity index (χ4v) is 3.11. The second-order valence-corrected chi connectivity index (χ2v) is 6.76. The van der Waals surface area contributed by atoms with E-state index in [9.17, 15) is 0 Å². The molecule has 1 aliphatic rings. The van der Waals surface area contributed by atoms with E-state index in [2.05, 4.69) is 76.5 Å². The Kier molecular flexibility index (Phi) is 5.83. The van der Waals surface area contributed by atoms with Crippen molar-refractivity contribution in [2.45, 2.75) is 19.4 Å². The van der Waals surface area contributed by atoms with Gasteiger partial charge < -0.3 is 15.1 Å². The Morgan fingerprint density at radius 2 is 1.83 bits per heavy atom. The summed E-state index contributed by atoms with van der Waals surface area (Å²) in [4.78, 5) is 9.31. The third-order valence-electron chi connectivity index (χ3n) is 4.79. The summed E-state index contributed by atoms with van der Waals surface area (Å²) in [6.07, 6.45) is 1.94. The van der Waals surface area contributed by atoms with Gasteiger partial charge in [0.15, 0.2) is 0 Å². The van der Waals surface area contributed by atoms with Crippen LogP contribution in [-0.4, -0.2) is 49.7 Å². The lowest BCUT2D eigenvalue weighted by Crippen LogP contribution is -2.44. The molecule has 1 atom stereocenters. The molecule has 128 valence electrons. The predicted octanol–water partition coefficient (Wildman–Crippen LogP) is 2.73. The number of nitrogens with zero attached hydrogens (tertiary/aromatic N) is 3. The van der Waals surface area contributed by atoms with Gasteiger partial charge in [-0.05, 0) is 36.2 Å². The van der Waals surface area contributed by atoms with Crippen molar-refractivity contribution in [2.24, 2.45) is 0 Å². The number of anilines is 1. The summed E-state index contributed by atoms with van der Waals surface area (Å²) in [7, 11) is 2.18. The summed E-state index contributed by atoms with van der Waals surface area (Å²) in [5.74, 6) is 1.63. The molecule has 0 aliphatic carbocycles. The average Bonchev–Trinajstić information content (AvgIpc) is 2.63. The molecular weight excluding hydrogens is 296 g/mol. The molecule has 0 radical (unpaired) electrons. The van der Waals surface area contributed by atoms with Crippen molar-refractivity contribution in [1.29, 1.82) is 0 Å². The van der Waals surface area contributed by atoms with Crippen molar-refractivity contribution < 1.29 is 0 Å². The molecule has 0 amide bonds. The first kappa shape index (κ1) is 16.9. The van der Waals surface area contributed by atoms with Crippen LogP contribution < -0.4 is 10.2 Å².